The van der Waals surface area contributed by atoms with E-state index < -0.39 is 0 Å². The van der Waals surface area contributed by atoms with E-state index in [1.54, 1.807) is 17.4 Å². The zero-order chi connectivity index (χ0) is 20.1. The predicted molar refractivity (Wildman–Crippen MR) is 117 cm³/mol. The van der Waals surface area contributed by atoms with Crippen LogP contribution in [0.2, 0.25) is 0 Å². The van der Waals surface area contributed by atoms with Gasteiger partial charge in [-0.25, -0.2) is 4.98 Å². The molecule has 5 nitrogen and oxygen atoms in total. The van der Waals surface area contributed by atoms with Crippen molar-refractivity contribution in [3.8, 4) is 22.1 Å². The van der Waals surface area contributed by atoms with Gasteiger partial charge in [0, 0.05) is 5.56 Å². The fourth-order valence-electron chi connectivity index (χ4n) is 2.88. The Kier molecular flexibility index (Phi) is 5.72. The summed E-state index contributed by atoms with van der Waals surface area (Å²) in [5.74, 6) is 1.03. The minimum Gasteiger partial charge on any atom is -0.492 e. The number of amides is 1. The van der Waals surface area contributed by atoms with Crippen LogP contribution in [0.5, 0.6) is 11.5 Å². The van der Waals surface area contributed by atoms with E-state index >= 15 is 0 Å². The molecule has 0 aliphatic carbocycles. The number of nitrogens with zero attached hydrogens (tertiary/aromatic N) is 1. The lowest BCUT2D eigenvalue weighted by molar-refractivity contribution is -0.118. The van der Waals surface area contributed by atoms with Gasteiger partial charge in [0.2, 0.25) is 0 Å². The average Bonchev–Trinajstić information content (AvgIpc) is 3.18. The molecule has 1 N–H and O–H groups in total. The summed E-state index contributed by atoms with van der Waals surface area (Å²) in [5.41, 5.74) is 2.65. The Balaban J connectivity index is 1.37. The summed E-state index contributed by atoms with van der Waals surface area (Å²) >= 11 is 1.65. The summed E-state index contributed by atoms with van der Waals surface area (Å²) in [5, 5.41) is 3.78. The first-order chi connectivity index (χ1) is 14.2. The smallest absolute Gasteiger partial charge is 0.262 e. The Labute approximate surface area is 172 Å². The standard InChI is InChI=1S/C23H20N2O3S/c1-2-27-20-9-5-3-7-18(20)24-22(26)15-28-17-13-11-16(12-14-17)23-25-19-8-4-6-10-21(19)29-23/h3-14H,2,15H2,1H3,(H,24,26). The third-order valence-electron chi connectivity index (χ3n) is 4.23. The molecule has 1 aromatic heterocycles. The van der Waals surface area contributed by atoms with Gasteiger partial charge in [0.15, 0.2) is 6.61 Å². The van der Waals surface area contributed by atoms with E-state index in [1.807, 2.05) is 67.6 Å². The molecule has 3 aromatic carbocycles. The maximum atomic E-state index is 12.2. The normalized spacial score (nSPS) is 10.7. The molecule has 146 valence electrons. The highest BCUT2D eigenvalue weighted by Gasteiger charge is 2.09. The number of hydrogen-bond acceptors (Lipinski definition) is 5. The number of rotatable bonds is 7. The monoisotopic (exact) mass is 404 g/mol. The van der Waals surface area contributed by atoms with Gasteiger partial charge in [-0.1, -0.05) is 24.3 Å². The molecule has 6 heteroatoms. The van der Waals surface area contributed by atoms with Crippen LogP contribution in [0.15, 0.2) is 72.8 Å². The van der Waals surface area contributed by atoms with Gasteiger partial charge in [-0.3, -0.25) is 4.79 Å². The van der Waals surface area contributed by atoms with E-state index in [0.29, 0.717) is 23.8 Å². The fourth-order valence-corrected chi connectivity index (χ4v) is 3.85. The number of para-hydroxylation sites is 3. The zero-order valence-electron chi connectivity index (χ0n) is 15.9. The Morgan fingerprint density at radius 2 is 1.72 bits per heavy atom. The van der Waals surface area contributed by atoms with E-state index in [0.717, 1.165) is 20.8 Å². The first-order valence-corrected chi connectivity index (χ1v) is 10.1. The molecule has 0 saturated carbocycles. The van der Waals surface area contributed by atoms with Gasteiger partial charge in [-0.15, -0.1) is 11.3 Å². The van der Waals surface area contributed by atoms with Crippen LogP contribution in [0.3, 0.4) is 0 Å². The van der Waals surface area contributed by atoms with E-state index in [9.17, 15) is 4.79 Å². The second-order valence-corrected chi connectivity index (χ2v) is 7.31. The number of ether oxygens (including phenoxy) is 2. The minimum atomic E-state index is -0.243. The van der Waals surface area contributed by atoms with Crippen LogP contribution in [0.4, 0.5) is 5.69 Å². The zero-order valence-corrected chi connectivity index (χ0v) is 16.7. The lowest BCUT2D eigenvalue weighted by Gasteiger charge is -2.11. The van der Waals surface area contributed by atoms with Crippen molar-refractivity contribution in [2.75, 3.05) is 18.5 Å². The van der Waals surface area contributed by atoms with Crippen molar-refractivity contribution in [1.29, 1.82) is 0 Å². The summed E-state index contributed by atoms with van der Waals surface area (Å²) in [6, 6.07) is 23.0. The number of aromatic nitrogens is 1. The van der Waals surface area contributed by atoms with E-state index in [1.165, 1.54) is 0 Å². The lowest BCUT2D eigenvalue weighted by atomic mass is 10.2. The second-order valence-electron chi connectivity index (χ2n) is 6.28. The number of fused-ring (bicyclic) bond motifs is 1. The summed E-state index contributed by atoms with van der Waals surface area (Å²) < 4.78 is 12.3. The number of benzene rings is 3. The highest BCUT2D eigenvalue weighted by Crippen LogP contribution is 2.31. The van der Waals surface area contributed by atoms with E-state index in [-0.39, 0.29) is 12.5 Å². The second kappa shape index (κ2) is 8.75. The molecular weight excluding hydrogens is 384 g/mol. The quantitative estimate of drug-likeness (QED) is 0.449. The van der Waals surface area contributed by atoms with Crippen molar-refractivity contribution in [3.63, 3.8) is 0 Å². The number of carbonyl (C=O) groups is 1. The van der Waals surface area contributed by atoms with E-state index in [2.05, 4.69) is 16.4 Å². The molecule has 0 aliphatic heterocycles. The van der Waals surface area contributed by atoms with Crippen LogP contribution in [-0.4, -0.2) is 24.1 Å². The van der Waals surface area contributed by atoms with Crippen molar-refractivity contribution in [2.45, 2.75) is 6.92 Å². The third-order valence-corrected chi connectivity index (χ3v) is 5.31. The fraction of sp³-hybridized carbons (Fsp3) is 0.130. The van der Waals surface area contributed by atoms with E-state index in [4.69, 9.17) is 9.47 Å². The van der Waals surface area contributed by atoms with Gasteiger partial charge in [0.1, 0.15) is 16.5 Å². The van der Waals surface area contributed by atoms with Gasteiger partial charge < -0.3 is 14.8 Å². The topological polar surface area (TPSA) is 60.5 Å². The highest BCUT2D eigenvalue weighted by molar-refractivity contribution is 7.21. The van der Waals surface area contributed by atoms with Crippen LogP contribution >= 0.6 is 11.3 Å². The van der Waals surface area contributed by atoms with Crippen LogP contribution in [0, 0.1) is 0 Å². The summed E-state index contributed by atoms with van der Waals surface area (Å²) in [6.07, 6.45) is 0. The molecule has 0 bridgehead atoms. The van der Waals surface area contributed by atoms with Crippen LogP contribution in [0.25, 0.3) is 20.8 Å². The van der Waals surface area contributed by atoms with Crippen LogP contribution < -0.4 is 14.8 Å². The molecular formula is C23H20N2O3S. The number of hydrogen-bond donors (Lipinski definition) is 1. The van der Waals surface area contributed by atoms with Crippen LogP contribution in [-0.2, 0) is 4.79 Å². The Morgan fingerprint density at radius 3 is 2.52 bits per heavy atom. The molecule has 0 fully saturated rings. The Bertz CT molecular complexity index is 1090. The van der Waals surface area contributed by atoms with Gasteiger partial charge >= 0.3 is 0 Å². The number of carbonyl (C=O) groups excluding carboxylic acids is 1. The van der Waals surface area contributed by atoms with Gasteiger partial charge in [-0.05, 0) is 55.5 Å². The summed E-state index contributed by atoms with van der Waals surface area (Å²) in [4.78, 5) is 16.9. The first kappa shape index (κ1) is 19.0. The molecule has 4 rings (SSSR count). The van der Waals surface area contributed by atoms with Gasteiger partial charge in [0.05, 0.1) is 22.5 Å². The van der Waals surface area contributed by atoms with Crippen molar-refractivity contribution >= 4 is 33.1 Å². The molecule has 0 unspecified atom stereocenters. The summed E-state index contributed by atoms with van der Waals surface area (Å²) in [6.45, 7) is 2.35. The Hall–Kier alpha value is -3.38. The highest BCUT2D eigenvalue weighted by atomic mass is 32.1. The van der Waals surface area contributed by atoms with Crippen molar-refractivity contribution in [3.05, 3.63) is 72.8 Å². The number of thiazole rings is 1. The Morgan fingerprint density at radius 1 is 0.966 bits per heavy atom. The largest absolute Gasteiger partial charge is 0.492 e. The van der Waals surface area contributed by atoms with Gasteiger partial charge in [-0.2, -0.15) is 0 Å². The third kappa shape index (κ3) is 4.55. The molecule has 0 atom stereocenters. The molecule has 0 saturated heterocycles. The molecule has 0 aliphatic rings. The van der Waals surface area contributed by atoms with Crippen LogP contribution in [0.1, 0.15) is 6.92 Å². The average molecular weight is 404 g/mol. The summed E-state index contributed by atoms with van der Waals surface area (Å²) in [7, 11) is 0. The molecule has 1 heterocycles. The molecule has 1 amide bonds. The van der Waals surface area contributed by atoms with Crippen molar-refractivity contribution in [1.82, 2.24) is 4.98 Å². The SMILES string of the molecule is CCOc1ccccc1NC(=O)COc1ccc(-c2nc3ccccc3s2)cc1. The maximum absolute atomic E-state index is 12.2. The molecule has 29 heavy (non-hydrogen) atoms. The van der Waals surface area contributed by atoms with Gasteiger partial charge in [0.25, 0.3) is 5.91 Å². The first-order valence-electron chi connectivity index (χ1n) is 9.33. The van der Waals surface area contributed by atoms with Crippen molar-refractivity contribution in [2.24, 2.45) is 0 Å². The predicted octanol–water partition coefficient (Wildman–Crippen LogP) is 5.38. The van der Waals surface area contributed by atoms with Crippen molar-refractivity contribution < 1.29 is 14.3 Å². The number of anilines is 1. The minimum absolute atomic E-state index is 0.0824. The number of nitrogens with one attached hydrogen (secondary N) is 1. The molecule has 4 aromatic rings. The molecule has 0 spiro atoms. The maximum Gasteiger partial charge on any atom is 0.262 e. The molecule has 0 radical (unpaired) electrons. The lowest BCUT2D eigenvalue weighted by Crippen LogP contribution is -2.20.